The van der Waals surface area contributed by atoms with E-state index >= 15 is 0 Å². The summed E-state index contributed by atoms with van der Waals surface area (Å²) in [7, 11) is 0. The average molecular weight is 350 g/mol. The van der Waals surface area contributed by atoms with Gasteiger partial charge in [0.1, 0.15) is 0 Å². The Labute approximate surface area is 151 Å². The predicted octanol–water partition coefficient (Wildman–Crippen LogP) is 4.38. The quantitative estimate of drug-likeness (QED) is 0.642. The molecule has 1 amide bonds. The van der Waals surface area contributed by atoms with Gasteiger partial charge >= 0.3 is 0 Å². The van der Waals surface area contributed by atoms with Gasteiger partial charge in [0.15, 0.2) is 0 Å². The predicted molar refractivity (Wildman–Crippen MR) is 100 cm³/mol. The summed E-state index contributed by atoms with van der Waals surface area (Å²) in [4.78, 5) is 22.9. The van der Waals surface area contributed by atoms with Gasteiger partial charge in [0.2, 0.25) is 0 Å². The molecule has 3 rings (SSSR count). The van der Waals surface area contributed by atoms with E-state index in [-0.39, 0.29) is 5.91 Å². The molecule has 0 unspecified atom stereocenters. The van der Waals surface area contributed by atoms with Gasteiger partial charge in [0.05, 0.1) is 17.9 Å². The number of amides is 1. The monoisotopic (exact) mass is 349 g/mol. The summed E-state index contributed by atoms with van der Waals surface area (Å²) in [6, 6.07) is 18.3. The zero-order valence-corrected chi connectivity index (χ0v) is 14.2. The minimum absolute atomic E-state index is 0.154. The molecule has 0 aliphatic rings. The Bertz CT molecular complexity index is 849. The van der Waals surface area contributed by atoms with E-state index in [0.29, 0.717) is 11.6 Å². The number of halogens is 1. The molecule has 0 fully saturated rings. The normalized spacial score (nSPS) is 10.8. The number of benzene rings is 1. The number of rotatable bonds is 5. The number of anilines is 1. The van der Waals surface area contributed by atoms with Crippen molar-refractivity contribution < 1.29 is 4.79 Å². The number of aromatic nitrogens is 2. The maximum absolute atomic E-state index is 12.8. The summed E-state index contributed by atoms with van der Waals surface area (Å²) in [5, 5.41) is 0.623. The van der Waals surface area contributed by atoms with Crippen LogP contribution in [0, 0.1) is 0 Å². The molecule has 2 aromatic heterocycles. The third kappa shape index (κ3) is 4.75. The van der Waals surface area contributed by atoms with E-state index in [2.05, 4.69) is 9.97 Å². The minimum Gasteiger partial charge on any atom is -0.303 e. The van der Waals surface area contributed by atoms with E-state index in [4.69, 9.17) is 11.6 Å². The third-order valence-electron chi connectivity index (χ3n) is 3.54. The van der Waals surface area contributed by atoms with Crippen LogP contribution in [0.1, 0.15) is 11.4 Å². The highest BCUT2D eigenvalue weighted by molar-refractivity contribution is 6.30. The molecule has 0 atom stereocenters. The maximum atomic E-state index is 12.8. The Kier molecular flexibility index (Phi) is 5.54. The van der Waals surface area contributed by atoms with Gasteiger partial charge in [-0.3, -0.25) is 14.8 Å². The first-order valence-electron chi connectivity index (χ1n) is 7.78. The van der Waals surface area contributed by atoms with Crippen LogP contribution in [0.2, 0.25) is 5.02 Å². The van der Waals surface area contributed by atoms with Gasteiger partial charge in [-0.05, 0) is 54.6 Å². The molecule has 25 heavy (non-hydrogen) atoms. The Morgan fingerprint density at radius 1 is 0.960 bits per heavy atom. The zero-order chi connectivity index (χ0) is 17.5. The molecule has 3 aromatic rings. The molecule has 124 valence electrons. The molecular weight excluding hydrogens is 334 g/mol. The standard InChI is InChI=1S/C20H16ClN3O/c21-16-7-10-19(11-8-16)24(15-18-6-2-4-14-23-18)20(25)12-9-17-5-1-3-13-22-17/h1-14H,15H2/b12-9+. The number of hydrogen-bond donors (Lipinski definition) is 0. The number of carbonyl (C=O) groups is 1. The highest BCUT2D eigenvalue weighted by atomic mass is 35.5. The fourth-order valence-corrected chi connectivity index (χ4v) is 2.42. The lowest BCUT2D eigenvalue weighted by Gasteiger charge is -2.21. The van der Waals surface area contributed by atoms with Crippen LogP contribution < -0.4 is 4.90 Å². The summed E-state index contributed by atoms with van der Waals surface area (Å²) >= 11 is 5.96. The van der Waals surface area contributed by atoms with Crippen molar-refractivity contribution in [2.45, 2.75) is 6.54 Å². The first-order chi connectivity index (χ1) is 12.2. The van der Waals surface area contributed by atoms with Gasteiger partial charge < -0.3 is 4.90 Å². The fraction of sp³-hybridized carbons (Fsp3) is 0.0500. The minimum atomic E-state index is -0.154. The van der Waals surface area contributed by atoms with Crippen LogP contribution >= 0.6 is 11.6 Å². The largest absolute Gasteiger partial charge is 0.303 e. The maximum Gasteiger partial charge on any atom is 0.251 e. The third-order valence-corrected chi connectivity index (χ3v) is 3.79. The van der Waals surface area contributed by atoms with Crippen molar-refractivity contribution in [1.82, 2.24) is 9.97 Å². The lowest BCUT2D eigenvalue weighted by atomic mass is 10.2. The van der Waals surface area contributed by atoms with Crippen LogP contribution in [0.3, 0.4) is 0 Å². The van der Waals surface area contributed by atoms with Crippen LogP contribution in [0.15, 0.2) is 79.1 Å². The van der Waals surface area contributed by atoms with Crippen molar-refractivity contribution in [2.24, 2.45) is 0 Å². The Morgan fingerprint density at radius 3 is 2.32 bits per heavy atom. The molecule has 0 saturated carbocycles. The molecule has 2 heterocycles. The van der Waals surface area contributed by atoms with Crippen LogP contribution in [0.4, 0.5) is 5.69 Å². The van der Waals surface area contributed by atoms with E-state index in [9.17, 15) is 4.79 Å². The first-order valence-corrected chi connectivity index (χ1v) is 8.16. The van der Waals surface area contributed by atoms with Gasteiger partial charge in [-0.15, -0.1) is 0 Å². The molecule has 5 heteroatoms. The average Bonchev–Trinajstić information content (AvgIpc) is 2.67. The van der Waals surface area contributed by atoms with E-state index in [0.717, 1.165) is 17.1 Å². The Hall–Kier alpha value is -2.98. The lowest BCUT2D eigenvalue weighted by Crippen LogP contribution is -2.29. The fourth-order valence-electron chi connectivity index (χ4n) is 2.29. The summed E-state index contributed by atoms with van der Waals surface area (Å²) in [5.74, 6) is -0.154. The summed E-state index contributed by atoms with van der Waals surface area (Å²) in [6.07, 6.45) is 6.61. The van der Waals surface area contributed by atoms with Crippen LogP contribution in [0.5, 0.6) is 0 Å². The summed E-state index contributed by atoms with van der Waals surface area (Å²) in [5.41, 5.74) is 2.28. The van der Waals surface area contributed by atoms with E-state index in [1.165, 1.54) is 6.08 Å². The van der Waals surface area contributed by atoms with Crippen molar-refractivity contribution in [3.63, 3.8) is 0 Å². The summed E-state index contributed by atoms with van der Waals surface area (Å²) in [6.45, 7) is 0.369. The van der Waals surface area contributed by atoms with Crippen molar-refractivity contribution in [1.29, 1.82) is 0 Å². The topological polar surface area (TPSA) is 46.1 Å². The van der Waals surface area contributed by atoms with Gasteiger partial charge in [-0.2, -0.15) is 0 Å². The highest BCUT2D eigenvalue weighted by Gasteiger charge is 2.14. The number of carbonyl (C=O) groups excluding carboxylic acids is 1. The highest BCUT2D eigenvalue weighted by Crippen LogP contribution is 2.20. The van der Waals surface area contributed by atoms with Crippen LogP contribution in [-0.4, -0.2) is 15.9 Å². The molecule has 0 saturated heterocycles. The smallest absolute Gasteiger partial charge is 0.251 e. The molecule has 4 nitrogen and oxygen atoms in total. The second-order valence-electron chi connectivity index (χ2n) is 5.31. The molecule has 0 aliphatic carbocycles. The number of pyridine rings is 2. The van der Waals surface area contributed by atoms with Crippen molar-refractivity contribution in [3.8, 4) is 0 Å². The molecule has 0 radical (unpaired) electrons. The molecule has 0 spiro atoms. The molecule has 0 N–H and O–H groups in total. The zero-order valence-electron chi connectivity index (χ0n) is 13.4. The van der Waals surface area contributed by atoms with Crippen LogP contribution in [0.25, 0.3) is 6.08 Å². The molecule has 0 bridgehead atoms. The van der Waals surface area contributed by atoms with E-state index < -0.39 is 0 Å². The second kappa shape index (κ2) is 8.22. The first kappa shape index (κ1) is 16.9. The SMILES string of the molecule is O=C(/C=C/c1ccccn1)N(Cc1ccccn1)c1ccc(Cl)cc1. The van der Waals surface area contributed by atoms with Gasteiger partial charge in [-0.25, -0.2) is 0 Å². The second-order valence-corrected chi connectivity index (χ2v) is 5.75. The molecule has 0 aliphatic heterocycles. The van der Waals surface area contributed by atoms with Gasteiger partial charge in [0.25, 0.3) is 5.91 Å². The van der Waals surface area contributed by atoms with E-state index in [1.54, 1.807) is 35.5 Å². The van der Waals surface area contributed by atoms with Crippen molar-refractivity contribution in [2.75, 3.05) is 4.90 Å². The Balaban J connectivity index is 1.86. The van der Waals surface area contributed by atoms with Crippen LogP contribution in [-0.2, 0) is 11.3 Å². The number of nitrogens with zero attached hydrogens (tertiary/aromatic N) is 3. The molecule has 1 aromatic carbocycles. The lowest BCUT2D eigenvalue weighted by molar-refractivity contribution is -0.114. The number of hydrogen-bond acceptors (Lipinski definition) is 3. The molecular formula is C20H16ClN3O. The van der Waals surface area contributed by atoms with Crippen molar-refractivity contribution in [3.05, 3.63) is 95.5 Å². The summed E-state index contributed by atoms with van der Waals surface area (Å²) < 4.78 is 0. The van der Waals surface area contributed by atoms with Gasteiger partial charge in [-0.1, -0.05) is 23.7 Å². The van der Waals surface area contributed by atoms with Crippen molar-refractivity contribution >= 4 is 29.3 Å². The Morgan fingerprint density at radius 2 is 1.68 bits per heavy atom. The van der Waals surface area contributed by atoms with E-state index in [1.807, 2.05) is 48.5 Å². The van der Waals surface area contributed by atoms with Gasteiger partial charge in [0, 0.05) is 29.2 Å².